The van der Waals surface area contributed by atoms with E-state index in [1.807, 2.05) is 37.8 Å². The van der Waals surface area contributed by atoms with Crippen LogP contribution in [0.1, 0.15) is 47.5 Å². The number of hydrogen-bond acceptors (Lipinski definition) is 2. The molecule has 0 N–H and O–H groups in total. The number of rotatable bonds is 9. The Morgan fingerprint density at radius 2 is 1.91 bits per heavy atom. The minimum Gasteiger partial charge on any atom is -0.338 e. The molecule has 0 aliphatic carbocycles. The molecule has 0 aromatic heterocycles. The summed E-state index contributed by atoms with van der Waals surface area (Å²) in [6.07, 6.45) is 9.16. The van der Waals surface area contributed by atoms with Gasteiger partial charge in [-0.15, -0.1) is 0 Å². The second kappa shape index (κ2) is 11.9. The van der Waals surface area contributed by atoms with Gasteiger partial charge in [-0.05, 0) is 45.3 Å². The van der Waals surface area contributed by atoms with Crippen molar-refractivity contribution in [3.63, 3.8) is 0 Å². The third-order valence-electron chi connectivity index (χ3n) is 3.41. The molecule has 0 rings (SSSR count). The van der Waals surface area contributed by atoms with Crippen LogP contribution in [0.5, 0.6) is 0 Å². The molecule has 0 bridgehead atoms. The van der Waals surface area contributed by atoms with Crippen molar-refractivity contribution in [3.05, 3.63) is 47.2 Å². The van der Waals surface area contributed by atoms with Crippen LogP contribution in [0.2, 0.25) is 0 Å². The standard InChI is InChI=1S/C19H29ClN2O/c1-7-10-12-18(16(5)20)15(4)14-21-17(6)19(23)22(9-3)13-11-8-2/h7,10,12,14H,1,8-9,11,13H2,2-6H3/b12-10-,15-14+,18-16-,21-17?. The van der Waals surface area contributed by atoms with Crippen molar-refractivity contribution in [2.45, 2.75) is 47.5 Å². The highest BCUT2D eigenvalue weighted by molar-refractivity contribution is 6.38. The van der Waals surface area contributed by atoms with Gasteiger partial charge in [0.05, 0.1) is 0 Å². The Morgan fingerprint density at radius 1 is 1.26 bits per heavy atom. The zero-order chi connectivity index (χ0) is 17.8. The fourth-order valence-electron chi connectivity index (χ4n) is 1.98. The molecule has 0 unspecified atom stereocenters. The second-order valence-electron chi connectivity index (χ2n) is 5.31. The van der Waals surface area contributed by atoms with E-state index in [4.69, 9.17) is 11.6 Å². The third-order valence-corrected chi connectivity index (χ3v) is 3.61. The van der Waals surface area contributed by atoms with Crippen molar-refractivity contribution in [2.75, 3.05) is 13.1 Å². The number of carbonyl (C=O) groups excluding carboxylic acids is 1. The first-order chi connectivity index (χ1) is 10.9. The number of amides is 1. The first-order valence-electron chi connectivity index (χ1n) is 8.05. The van der Waals surface area contributed by atoms with Crippen molar-refractivity contribution in [1.29, 1.82) is 0 Å². The number of halogens is 1. The summed E-state index contributed by atoms with van der Waals surface area (Å²) in [6, 6.07) is 0. The van der Waals surface area contributed by atoms with Crippen LogP contribution in [0.15, 0.2) is 52.2 Å². The molecular weight excluding hydrogens is 308 g/mol. The lowest BCUT2D eigenvalue weighted by atomic mass is 10.1. The van der Waals surface area contributed by atoms with Crippen LogP contribution >= 0.6 is 11.6 Å². The number of aliphatic imine (C=N–C) groups is 1. The Hall–Kier alpha value is -1.61. The maximum absolute atomic E-state index is 12.4. The second-order valence-corrected chi connectivity index (χ2v) is 5.87. The van der Waals surface area contributed by atoms with Gasteiger partial charge in [0.1, 0.15) is 5.71 Å². The minimum atomic E-state index is -0.0141. The average molecular weight is 337 g/mol. The highest BCUT2D eigenvalue weighted by Crippen LogP contribution is 2.19. The maximum atomic E-state index is 12.4. The predicted molar refractivity (Wildman–Crippen MR) is 102 cm³/mol. The van der Waals surface area contributed by atoms with Gasteiger partial charge >= 0.3 is 0 Å². The summed E-state index contributed by atoms with van der Waals surface area (Å²) in [7, 11) is 0. The molecule has 0 saturated carbocycles. The Balaban J connectivity index is 5.22. The third kappa shape index (κ3) is 7.98. The van der Waals surface area contributed by atoms with Gasteiger partial charge < -0.3 is 4.90 Å². The average Bonchev–Trinajstić information content (AvgIpc) is 2.53. The molecule has 0 aliphatic heterocycles. The van der Waals surface area contributed by atoms with E-state index in [-0.39, 0.29) is 5.91 Å². The van der Waals surface area contributed by atoms with Crippen molar-refractivity contribution < 1.29 is 4.79 Å². The SMILES string of the molecule is C=C\C=C/C(=C(\C)Cl)C(/C)=C/N=C(C)C(=O)N(CC)CCCC. The molecule has 0 spiro atoms. The van der Waals surface area contributed by atoms with Gasteiger partial charge in [0.15, 0.2) is 0 Å². The summed E-state index contributed by atoms with van der Waals surface area (Å²) in [6.45, 7) is 14.7. The molecule has 0 fully saturated rings. The van der Waals surface area contributed by atoms with Crippen molar-refractivity contribution in [3.8, 4) is 0 Å². The summed E-state index contributed by atoms with van der Waals surface area (Å²) in [5.41, 5.74) is 2.27. The zero-order valence-corrected chi connectivity index (χ0v) is 15.8. The number of hydrogen-bond donors (Lipinski definition) is 0. The monoisotopic (exact) mass is 336 g/mol. The van der Waals surface area contributed by atoms with Crippen LogP contribution in [0, 0.1) is 0 Å². The summed E-state index contributed by atoms with van der Waals surface area (Å²) in [5, 5.41) is 0.675. The highest BCUT2D eigenvalue weighted by atomic mass is 35.5. The van der Waals surface area contributed by atoms with Crippen LogP contribution in [0.25, 0.3) is 0 Å². The van der Waals surface area contributed by atoms with Gasteiger partial charge in [0, 0.05) is 24.3 Å². The normalized spacial score (nSPS) is 14.0. The summed E-state index contributed by atoms with van der Waals surface area (Å²) in [4.78, 5) is 18.5. The van der Waals surface area contributed by atoms with Crippen LogP contribution in [0.3, 0.4) is 0 Å². The summed E-state index contributed by atoms with van der Waals surface area (Å²) < 4.78 is 0. The Kier molecular flexibility index (Phi) is 11.1. The molecule has 3 nitrogen and oxygen atoms in total. The van der Waals surface area contributed by atoms with E-state index in [9.17, 15) is 4.79 Å². The lowest BCUT2D eigenvalue weighted by molar-refractivity contribution is -0.124. The number of nitrogens with zero attached hydrogens (tertiary/aromatic N) is 2. The molecule has 0 aliphatic rings. The van der Waals surface area contributed by atoms with Gasteiger partial charge in [-0.3, -0.25) is 9.79 Å². The van der Waals surface area contributed by atoms with E-state index in [2.05, 4.69) is 18.5 Å². The number of unbranched alkanes of at least 4 members (excludes halogenated alkanes) is 1. The zero-order valence-electron chi connectivity index (χ0n) is 15.0. The topological polar surface area (TPSA) is 32.7 Å². The van der Waals surface area contributed by atoms with Gasteiger partial charge in [0.2, 0.25) is 0 Å². The molecule has 0 atom stereocenters. The number of carbonyl (C=O) groups is 1. The van der Waals surface area contributed by atoms with E-state index < -0.39 is 0 Å². The quantitative estimate of drug-likeness (QED) is 0.418. The molecule has 0 aromatic rings. The Labute approximate surface area is 146 Å². The molecule has 4 heteroatoms. The minimum absolute atomic E-state index is 0.0141. The first kappa shape index (κ1) is 21.4. The molecular formula is C19H29ClN2O. The van der Waals surface area contributed by atoms with Crippen LogP contribution in [0.4, 0.5) is 0 Å². The lowest BCUT2D eigenvalue weighted by Crippen LogP contribution is -2.36. The molecule has 0 saturated heterocycles. The summed E-state index contributed by atoms with van der Waals surface area (Å²) in [5.74, 6) is -0.0141. The smallest absolute Gasteiger partial charge is 0.267 e. The molecule has 128 valence electrons. The largest absolute Gasteiger partial charge is 0.338 e. The summed E-state index contributed by atoms with van der Waals surface area (Å²) >= 11 is 6.11. The molecule has 23 heavy (non-hydrogen) atoms. The van der Waals surface area contributed by atoms with E-state index in [0.717, 1.165) is 30.5 Å². The predicted octanol–water partition coefficient (Wildman–Crippen LogP) is 5.25. The maximum Gasteiger partial charge on any atom is 0.267 e. The molecule has 0 radical (unpaired) electrons. The van der Waals surface area contributed by atoms with E-state index in [1.165, 1.54) is 0 Å². The van der Waals surface area contributed by atoms with E-state index in [1.54, 1.807) is 19.2 Å². The van der Waals surface area contributed by atoms with Crippen molar-refractivity contribution >= 4 is 23.2 Å². The highest BCUT2D eigenvalue weighted by Gasteiger charge is 2.13. The van der Waals surface area contributed by atoms with Gasteiger partial charge in [-0.2, -0.15) is 0 Å². The van der Waals surface area contributed by atoms with Gasteiger partial charge in [-0.1, -0.05) is 49.8 Å². The van der Waals surface area contributed by atoms with Gasteiger partial charge in [0.25, 0.3) is 5.91 Å². The van der Waals surface area contributed by atoms with E-state index >= 15 is 0 Å². The van der Waals surface area contributed by atoms with E-state index in [0.29, 0.717) is 17.3 Å². The van der Waals surface area contributed by atoms with Crippen LogP contribution in [-0.2, 0) is 4.79 Å². The van der Waals surface area contributed by atoms with Crippen LogP contribution in [-0.4, -0.2) is 29.6 Å². The fraction of sp³-hybridized carbons (Fsp3) is 0.474. The fourth-order valence-corrected chi connectivity index (χ4v) is 2.19. The first-order valence-corrected chi connectivity index (χ1v) is 8.43. The molecule has 1 amide bonds. The Morgan fingerprint density at radius 3 is 2.39 bits per heavy atom. The van der Waals surface area contributed by atoms with Crippen LogP contribution < -0.4 is 0 Å². The van der Waals surface area contributed by atoms with Crippen molar-refractivity contribution in [1.82, 2.24) is 4.90 Å². The Bertz CT molecular complexity index is 523. The molecule has 0 aromatic carbocycles. The lowest BCUT2D eigenvalue weighted by Gasteiger charge is -2.20. The number of allylic oxidation sites excluding steroid dienone is 6. The van der Waals surface area contributed by atoms with Gasteiger partial charge in [-0.25, -0.2) is 0 Å². The molecule has 0 heterocycles. The van der Waals surface area contributed by atoms with Crippen molar-refractivity contribution in [2.24, 2.45) is 4.99 Å².